The summed E-state index contributed by atoms with van der Waals surface area (Å²) in [7, 11) is 0. The summed E-state index contributed by atoms with van der Waals surface area (Å²) in [5, 5.41) is 9.33. The van der Waals surface area contributed by atoms with Gasteiger partial charge in [0.2, 0.25) is 5.91 Å². The highest BCUT2D eigenvalue weighted by Gasteiger charge is 2.25. The summed E-state index contributed by atoms with van der Waals surface area (Å²) >= 11 is 2.14. The van der Waals surface area contributed by atoms with E-state index >= 15 is 0 Å². The van der Waals surface area contributed by atoms with Crippen molar-refractivity contribution in [2.24, 2.45) is 0 Å². The van der Waals surface area contributed by atoms with Crippen LogP contribution in [0.15, 0.2) is 18.3 Å². The molecule has 1 saturated heterocycles. The van der Waals surface area contributed by atoms with Gasteiger partial charge in [0.05, 0.1) is 24.5 Å². The first-order valence-electron chi connectivity index (χ1n) is 5.88. The van der Waals surface area contributed by atoms with E-state index < -0.39 is 6.10 Å². The molecule has 1 atom stereocenters. The highest BCUT2D eigenvalue weighted by atomic mass is 127. The maximum absolute atomic E-state index is 12.0. The van der Waals surface area contributed by atoms with Crippen molar-refractivity contribution >= 4 is 34.2 Å². The van der Waals surface area contributed by atoms with Gasteiger partial charge in [-0.15, -0.1) is 0 Å². The number of halogens is 1. The summed E-state index contributed by atoms with van der Waals surface area (Å²) in [6.45, 7) is 4.07. The monoisotopic (exact) mass is 361 g/mol. The number of amides is 1. The molecule has 0 spiro atoms. The van der Waals surface area contributed by atoms with Crippen LogP contribution < -0.4 is 4.90 Å². The van der Waals surface area contributed by atoms with Crippen LogP contribution in [0, 0.1) is 3.70 Å². The van der Waals surface area contributed by atoms with E-state index in [1.807, 2.05) is 17.0 Å². The molecule has 1 fully saturated rings. The normalized spacial score (nSPS) is 19.1. The molecule has 1 aliphatic rings. The Morgan fingerprint density at radius 3 is 2.83 bits per heavy atom. The van der Waals surface area contributed by atoms with Crippen LogP contribution in [-0.2, 0) is 4.79 Å². The molecule has 1 N–H and O–H groups in total. The average molecular weight is 361 g/mol. The zero-order valence-electron chi connectivity index (χ0n) is 10.2. The number of β-amino-alcohol motifs (C(OH)–C–C–N with tert-alkyl or cyclic N) is 1. The number of nitrogens with zero attached hydrogens (tertiary/aromatic N) is 3. The minimum atomic E-state index is -0.399. The van der Waals surface area contributed by atoms with Gasteiger partial charge in [-0.3, -0.25) is 9.69 Å². The second-order valence-corrected chi connectivity index (χ2v) is 5.57. The lowest BCUT2D eigenvalue weighted by Crippen LogP contribution is -2.52. The third-order valence-electron chi connectivity index (χ3n) is 2.85. The number of anilines is 1. The van der Waals surface area contributed by atoms with Crippen LogP contribution in [-0.4, -0.2) is 53.2 Å². The summed E-state index contributed by atoms with van der Waals surface area (Å²) < 4.78 is 0.913. The zero-order valence-corrected chi connectivity index (χ0v) is 12.4. The fourth-order valence-electron chi connectivity index (χ4n) is 2.05. The molecular formula is C12H16IN3O2. The molecule has 2 heterocycles. The molecule has 2 rings (SSSR count). The Bertz CT molecular complexity index is 422. The Labute approximate surface area is 120 Å². The minimum Gasteiger partial charge on any atom is -0.392 e. The highest BCUT2D eigenvalue weighted by Crippen LogP contribution is 2.17. The highest BCUT2D eigenvalue weighted by molar-refractivity contribution is 14.1. The average Bonchev–Trinajstić information content (AvgIpc) is 2.30. The van der Waals surface area contributed by atoms with Crippen molar-refractivity contribution in [2.45, 2.75) is 13.0 Å². The zero-order chi connectivity index (χ0) is 13.1. The number of carbonyl (C=O) groups excluding carboxylic acids is 1. The lowest BCUT2D eigenvalue weighted by molar-refractivity contribution is -0.121. The Morgan fingerprint density at radius 1 is 1.50 bits per heavy atom. The number of hydrogen-bond donors (Lipinski definition) is 1. The number of rotatable bonds is 3. The Hall–Kier alpha value is -0.730. The topological polar surface area (TPSA) is 56.7 Å². The fourth-order valence-corrected chi connectivity index (χ4v) is 2.37. The number of pyridine rings is 1. The van der Waals surface area contributed by atoms with Crippen LogP contribution >= 0.6 is 22.6 Å². The number of carbonyl (C=O) groups is 1. The van der Waals surface area contributed by atoms with Gasteiger partial charge >= 0.3 is 0 Å². The van der Waals surface area contributed by atoms with Crippen molar-refractivity contribution in [3.8, 4) is 0 Å². The van der Waals surface area contributed by atoms with Gasteiger partial charge in [0.25, 0.3) is 0 Å². The molecule has 1 aromatic rings. The van der Waals surface area contributed by atoms with E-state index in [2.05, 4.69) is 27.6 Å². The molecule has 1 unspecified atom stereocenters. The van der Waals surface area contributed by atoms with Crippen molar-refractivity contribution in [2.75, 3.05) is 31.1 Å². The molecular weight excluding hydrogens is 345 g/mol. The van der Waals surface area contributed by atoms with Gasteiger partial charge in [-0.2, -0.15) is 0 Å². The number of hydrogen-bond acceptors (Lipinski definition) is 4. The summed E-state index contributed by atoms with van der Waals surface area (Å²) in [4.78, 5) is 20.0. The van der Waals surface area contributed by atoms with Gasteiger partial charge in [-0.1, -0.05) is 0 Å². The smallest absolute Gasteiger partial charge is 0.241 e. The summed E-state index contributed by atoms with van der Waals surface area (Å²) in [6.07, 6.45) is 1.33. The Kier molecular flexibility index (Phi) is 4.52. The second kappa shape index (κ2) is 5.94. The van der Waals surface area contributed by atoms with E-state index in [9.17, 15) is 9.90 Å². The van der Waals surface area contributed by atoms with Crippen LogP contribution in [0.1, 0.15) is 6.92 Å². The lowest BCUT2D eigenvalue weighted by Gasteiger charge is -2.34. The Balaban J connectivity index is 2.01. The summed E-state index contributed by atoms with van der Waals surface area (Å²) in [5.74, 6) is 0.0601. The first-order chi connectivity index (χ1) is 8.56. The van der Waals surface area contributed by atoms with Gasteiger partial charge in [-0.05, 0) is 41.6 Å². The molecule has 0 bridgehead atoms. The van der Waals surface area contributed by atoms with Crippen LogP contribution in [0.2, 0.25) is 0 Å². The molecule has 1 aliphatic heterocycles. The summed E-state index contributed by atoms with van der Waals surface area (Å²) in [5.41, 5.74) is 0.845. The molecule has 5 nitrogen and oxygen atoms in total. The predicted molar refractivity (Wildman–Crippen MR) is 77.4 cm³/mol. The van der Waals surface area contributed by atoms with Crippen LogP contribution in [0.5, 0.6) is 0 Å². The third kappa shape index (κ3) is 3.39. The number of aliphatic hydroxyl groups excluding tert-OH is 1. The van der Waals surface area contributed by atoms with Crippen LogP contribution in [0.4, 0.5) is 5.69 Å². The van der Waals surface area contributed by atoms with Crippen molar-refractivity contribution in [3.63, 3.8) is 0 Å². The molecule has 1 aromatic heterocycles. The van der Waals surface area contributed by atoms with E-state index in [0.29, 0.717) is 19.6 Å². The van der Waals surface area contributed by atoms with E-state index in [4.69, 9.17) is 0 Å². The van der Waals surface area contributed by atoms with Crippen LogP contribution in [0.3, 0.4) is 0 Å². The maximum Gasteiger partial charge on any atom is 0.241 e. The van der Waals surface area contributed by atoms with Gasteiger partial charge in [0.1, 0.15) is 3.70 Å². The van der Waals surface area contributed by atoms with Gasteiger partial charge in [0, 0.05) is 19.6 Å². The lowest BCUT2D eigenvalue weighted by atomic mass is 10.2. The predicted octanol–water partition coefficient (Wildman–Crippen LogP) is 0.716. The van der Waals surface area contributed by atoms with Crippen molar-refractivity contribution in [1.82, 2.24) is 9.88 Å². The van der Waals surface area contributed by atoms with Gasteiger partial charge in [0.15, 0.2) is 0 Å². The molecule has 98 valence electrons. The fraction of sp³-hybridized carbons (Fsp3) is 0.500. The van der Waals surface area contributed by atoms with Gasteiger partial charge < -0.3 is 10.0 Å². The molecule has 6 heteroatoms. The first-order valence-corrected chi connectivity index (χ1v) is 6.96. The van der Waals surface area contributed by atoms with E-state index in [1.165, 1.54) is 0 Å². The van der Waals surface area contributed by atoms with E-state index in [-0.39, 0.29) is 5.91 Å². The second-order valence-electron chi connectivity index (χ2n) is 4.47. The van der Waals surface area contributed by atoms with Crippen molar-refractivity contribution in [3.05, 3.63) is 22.0 Å². The third-order valence-corrected chi connectivity index (χ3v) is 3.48. The molecule has 0 aliphatic carbocycles. The standard InChI is InChI=1S/C12H16IN3O2/c1-9(17)7-15-4-5-16(12(18)8-15)10-2-3-11(13)14-6-10/h2-3,6,9,17H,4-5,7-8H2,1H3. The van der Waals surface area contributed by atoms with Gasteiger partial charge in [-0.25, -0.2) is 4.98 Å². The molecule has 0 saturated carbocycles. The van der Waals surface area contributed by atoms with Crippen molar-refractivity contribution < 1.29 is 9.90 Å². The quantitative estimate of drug-likeness (QED) is 0.637. The number of piperazine rings is 1. The molecule has 18 heavy (non-hydrogen) atoms. The number of aromatic nitrogens is 1. The molecule has 1 amide bonds. The first kappa shape index (κ1) is 13.7. The van der Waals surface area contributed by atoms with Crippen molar-refractivity contribution in [1.29, 1.82) is 0 Å². The minimum absolute atomic E-state index is 0.0601. The SMILES string of the molecule is CC(O)CN1CCN(c2ccc(I)nc2)C(=O)C1. The summed E-state index contributed by atoms with van der Waals surface area (Å²) in [6, 6.07) is 3.81. The van der Waals surface area contributed by atoms with E-state index in [1.54, 1.807) is 18.0 Å². The molecule has 0 aromatic carbocycles. The number of aliphatic hydroxyl groups is 1. The van der Waals surface area contributed by atoms with E-state index in [0.717, 1.165) is 15.9 Å². The maximum atomic E-state index is 12.0. The Morgan fingerprint density at radius 2 is 2.28 bits per heavy atom. The largest absolute Gasteiger partial charge is 0.392 e. The molecule has 0 radical (unpaired) electrons. The van der Waals surface area contributed by atoms with Crippen LogP contribution in [0.25, 0.3) is 0 Å².